The maximum absolute atomic E-state index is 5.64. The van der Waals surface area contributed by atoms with E-state index in [-0.39, 0.29) is 34.4 Å². The zero-order valence-corrected chi connectivity index (χ0v) is 19.6. The first-order valence-electron chi connectivity index (χ1n) is 11.1. The van der Waals surface area contributed by atoms with E-state index in [1.165, 1.54) is 33.6 Å². The molecule has 2 bridgehead atoms. The molecule has 164 valence electrons. The van der Waals surface area contributed by atoms with E-state index in [1.54, 1.807) is 12.5 Å². The quantitative estimate of drug-likeness (QED) is 0.356. The molecule has 5 heterocycles. The highest BCUT2D eigenvalue weighted by atomic mass is 79.9. The lowest BCUT2D eigenvalue weighted by atomic mass is 9.55. The van der Waals surface area contributed by atoms with Crippen molar-refractivity contribution in [2.75, 3.05) is 0 Å². The molecule has 3 aliphatic rings. The third-order valence-corrected chi connectivity index (χ3v) is 7.50. The fourth-order valence-electron chi connectivity index (χ4n) is 6.20. The molecular formula is C28H23BrN2O2. The van der Waals surface area contributed by atoms with Gasteiger partial charge in [0.2, 0.25) is 0 Å². The molecule has 3 aromatic heterocycles. The monoisotopic (exact) mass is 498 g/mol. The lowest BCUT2D eigenvalue weighted by Gasteiger charge is -2.49. The van der Waals surface area contributed by atoms with Crippen molar-refractivity contribution in [3.05, 3.63) is 138 Å². The van der Waals surface area contributed by atoms with Gasteiger partial charge in [0.1, 0.15) is 30.9 Å². The predicted molar refractivity (Wildman–Crippen MR) is 119 cm³/mol. The van der Waals surface area contributed by atoms with Gasteiger partial charge in [-0.2, -0.15) is 0 Å². The SMILES string of the molecule is [Br-].c1ccc(Cn2cc[n+]3c2[C@@H]2c4ccccc4[C@H]3CC2(c2ccoc2)c2ccoc2)cc1. The molecule has 2 atom stereocenters. The van der Waals surface area contributed by atoms with Gasteiger partial charge in [0, 0.05) is 28.5 Å². The molecule has 0 spiro atoms. The molecule has 1 aliphatic carbocycles. The Kier molecular flexibility index (Phi) is 4.70. The van der Waals surface area contributed by atoms with Crippen molar-refractivity contribution in [1.29, 1.82) is 0 Å². The van der Waals surface area contributed by atoms with Gasteiger partial charge in [-0.05, 0) is 23.3 Å². The zero-order valence-electron chi connectivity index (χ0n) is 18.0. The van der Waals surface area contributed by atoms with Crippen molar-refractivity contribution in [1.82, 2.24) is 4.57 Å². The maximum Gasteiger partial charge on any atom is 0.266 e. The van der Waals surface area contributed by atoms with Gasteiger partial charge in [-0.25, -0.2) is 9.13 Å². The van der Waals surface area contributed by atoms with Crippen LogP contribution in [0.3, 0.4) is 0 Å². The molecule has 5 aromatic rings. The van der Waals surface area contributed by atoms with E-state index in [4.69, 9.17) is 8.83 Å². The molecule has 0 radical (unpaired) electrons. The fraction of sp³-hybridized carbons (Fsp3) is 0.179. The smallest absolute Gasteiger partial charge is 0.266 e. The van der Waals surface area contributed by atoms with E-state index in [2.05, 4.69) is 88.3 Å². The van der Waals surface area contributed by atoms with Crippen LogP contribution in [0.25, 0.3) is 0 Å². The maximum atomic E-state index is 5.64. The van der Waals surface area contributed by atoms with Crippen molar-refractivity contribution in [2.45, 2.75) is 30.3 Å². The van der Waals surface area contributed by atoms with E-state index in [1.807, 2.05) is 12.5 Å². The summed E-state index contributed by atoms with van der Waals surface area (Å²) in [6.07, 6.45) is 12.9. The Bertz CT molecular complexity index is 1350. The Morgan fingerprint density at radius 1 is 0.848 bits per heavy atom. The van der Waals surface area contributed by atoms with Gasteiger partial charge in [0.25, 0.3) is 5.82 Å². The second-order valence-electron chi connectivity index (χ2n) is 8.95. The van der Waals surface area contributed by atoms with E-state index in [0.717, 1.165) is 13.0 Å². The van der Waals surface area contributed by atoms with Gasteiger partial charge in [-0.3, -0.25) is 0 Å². The Morgan fingerprint density at radius 3 is 2.18 bits per heavy atom. The van der Waals surface area contributed by atoms with Crippen LogP contribution in [0.5, 0.6) is 0 Å². The Labute approximate surface area is 202 Å². The van der Waals surface area contributed by atoms with Crippen LogP contribution in [-0.2, 0) is 12.0 Å². The highest BCUT2D eigenvalue weighted by Crippen LogP contribution is 2.59. The molecule has 0 amide bonds. The van der Waals surface area contributed by atoms with Crippen LogP contribution in [-0.4, -0.2) is 4.57 Å². The summed E-state index contributed by atoms with van der Waals surface area (Å²) in [6.45, 7) is 0.849. The third kappa shape index (κ3) is 2.78. The first kappa shape index (κ1) is 20.3. The number of fused-ring (bicyclic) bond motifs is 1. The van der Waals surface area contributed by atoms with Gasteiger partial charge in [0.05, 0.1) is 25.1 Å². The number of furan rings is 2. The summed E-state index contributed by atoms with van der Waals surface area (Å²) >= 11 is 0. The van der Waals surface area contributed by atoms with E-state index in [9.17, 15) is 0 Å². The van der Waals surface area contributed by atoms with E-state index in [0.29, 0.717) is 0 Å². The lowest BCUT2D eigenvalue weighted by Crippen LogP contribution is -3.00. The van der Waals surface area contributed by atoms with Crippen molar-refractivity contribution >= 4 is 0 Å². The van der Waals surface area contributed by atoms with Crippen LogP contribution in [0.4, 0.5) is 0 Å². The molecular weight excluding hydrogens is 476 g/mol. The van der Waals surface area contributed by atoms with Gasteiger partial charge in [-0.15, -0.1) is 0 Å². The minimum atomic E-state index is -0.244. The summed E-state index contributed by atoms with van der Waals surface area (Å²) in [5.41, 5.74) is 6.31. The Balaban J connectivity index is 0.00000206. The van der Waals surface area contributed by atoms with Crippen molar-refractivity contribution in [3.8, 4) is 0 Å². The molecule has 0 N–H and O–H groups in total. The van der Waals surface area contributed by atoms with Crippen molar-refractivity contribution < 1.29 is 30.4 Å². The standard InChI is InChI=1S/C28H23N2O2.BrH/c1-2-6-20(7-3-1)17-29-12-13-30-25-16-28(21-10-14-31-18-21,22-11-15-32-19-22)26(27(29)30)24-9-5-4-8-23(24)25;/h1-15,18-19,25-26H,16-17H2;1H/q+1;/p-1/t25-,26+;/m1./s1. The third-order valence-electron chi connectivity index (χ3n) is 7.50. The molecule has 0 fully saturated rings. The summed E-state index contributed by atoms with van der Waals surface area (Å²) in [5, 5.41) is 0. The molecule has 0 saturated carbocycles. The largest absolute Gasteiger partial charge is 1.00 e. The Morgan fingerprint density at radius 2 is 1.52 bits per heavy atom. The average molecular weight is 499 g/mol. The number of rotatable bonds is 4. The summed E-state index contributed by atoms with van der Waals surface area (Å²) in [6, 6.07) is 24.2. The van der Waals surface area contributed by atoms with Crippen LogP contribution < -0.4 is 21.5 Å². The average Bonchev–Trinajstić information content (AvgIpc) is 3.62. The predicted octanol–water partition coefficient (Wildman–Crippen LogP) is 2.44. The number of benzene rings is 2. The number of nitrogens with zero attached hydrogens (tertiary/aromatic N) is 2. The number of halogens is 1. The minimum Gasteiger partial charge on any atom is -1.00 e. The number of hydrogen-bond acceptors (Lipinski definition) is 2. The molecule has 4 nitrogen and oxygen atoms in total. The Hall–Kier alpha value is -3.31. The molecule has 5 heteroatoms. The molecule has 0 saturated heterocycles. The van der Waals surface area contributed by atoms with Gasteiger partial charge < -0.3 is 25.8 Å². The lowest BCUT2D eigenvalue weighted by molar-refractivity contribution is -0.732. The second kappa shape index (κ2) is 7.63. The van der Waals surface area contributed by atoms with Crippen LogP contribution in [0.15, 0.2) is 113 Å². The highest BCUT2D eigenvalue weighted by molar-refractivity contribution is 5.53. The minimum absolute atomic E-state index is 0. The second-order valence-corrected chi connectivity index (χ2v) is 8.95. The number of hydrogen-bond donors (Lipinski definition) is 0. The topological polar surface area (TPSA) is 35.1 Å². The molecule has 33 heavy (non-hydrogen) atoms. The van der Waals surface area contributed by atoms with Crippen LogP contribution in [0.1, 0.15) is 52.0 Å². The van der Waals surface area contributed by atoms with Crippen LogP contribution in [0, 0.1) is 0 Å². The molecule has 0 unspecified atom stereocenters. The normalized spacial score (nSPS) is 19.5. The first-order valence-corrected chi connectivity index (χ1v) is 11.1. The molecule has 8 rings (SSSR count). The number of imidazole rings is 1. The van der Waals surface area contributed by atoms with Gasteiger partial charge in [0.15, 0.2) is 0 Å². The van der Waals surface area contributed by atoms with Gasteiger partial charge >= 0.3 is 0 Å². The van der Waals surface area contributed by atoms with E-state index >= 15 is 0 Å². The van der Waals surface area contributed by atoms with Crippen LogP contribution in [0.2, 0.25) is 0 Å². The zero-order chi connectivity index (χ0) is 21.1. The van der Waals surface area contributed by atoms with E-state index < -0.39 is 0 Å². The number of aromatic nitrogens is 2. The first-order chi connectivity index (χ1) is 15.9. The van der Waals surface area contributed by atoms with Crippen molar-refractivity contribution in [3.63, 3.8) is 0 Å². The summed E-state index contributed by atoms with van der Waals surface area (Å²) in [4.78, 5) is 0. The van der Waals surface area contributed by atoms with Crippen molar-refractivity contribution in [2.24, 2.45) is 0 Å². The summed E-state index contributed by atoms with van der Waals surface area (Å²) in [5.74, 6) is 1.49. The van der Waals surface area contributed by atoms with Gasteiger partial charge in [-0.1, -0.05) is 54.6 Å². The summed E-state index contributed by atoms with van der Waals surface area (Å²) in [7, 11) is 0. The van der Waals surface area contributed by atoms with Crippen LogP contribution >= 0.6 is 0 Å². The fourth-order valence-corrected chi connectivity index (χ4v) is 6.20. The molecule has 2 aliphatic heterocycles. The highest BCUT2D eigenvalue weighted by Gasteiger charge is 2.60. The molecule has 2 aromatic carbocycles. The summed E-state index contributed by atoms with van der Waals surface area (Å²) < 4.78 is 16.2.